The number of methoxy groups -OCH3 is 1. The van der Waals surface area contributed by atoms with Gasteiger partial charge in [0.15, 0.2) is 0 Å². The van der Waals surface area contributed by atoms with Crippen LogP contribution in [-0.2, 0) is 4.79 Å². The lowest BCUT2D eigenvalue weighted by molar-refractivity contribution is -0.121. The van der Waals surface area contributed by atoms with Crippen molar-refractivity contribution in [3.63, 3.8) is 0 Å². The maximum atomic E-state index is 11.7. The molecule has 0 spiro atoms. The van der Waals surface area contributed by atoms with Gasteiger partial charge in [-0.3, -0.25) is 4.79 Å². The van der Waals surface area contributed by atoms with Gasteiger partial charge < -0.3 is 10.1 Å². The van der Waals surface area contributed by atoms with Crippen LogP contribution in [0.2, 0.25) is 5.02 Å². The van der Waals surface area contributed by atoms with Gasteiger partial charge in [0.05, 0.1) is 18.2 Å². The summed E-state index contributed by atoms with van der Waals surface area (Å²) in [5, 5.41) is 11.8. The average Bonchev–Trinajstić information content (AvgIpc) is 2.29. The van der Waals surface area contributed by atoms with Crippen LogP contribution in [0.4, 0.5) is 5.69 Å². The Morgan fingerprint density at radius 1 is 1.53 bits per heavy atom. The zero-order valence-electron chi connectivity index (χ0n) is 9.87. The Labute approximate surface area is 105 Å². The number of halogens is 1. The summed E-state index contributed by atoms with van der Waals surface area (Å²) in [6, 6.07) is 6.82. The SMILES string of the molecule is COc1ccc(NC(=O)C(C)(C)C#N)cc1Cl. The molecule has 0 unspecified atom stereocenters. The number of nitriles is 1. The third-order valence-electron chi connectivity index (χ3n) is 2.26. The Kier molecular flexibility index (Phi) is 3.97. The number of ether oxygens (including phenoxy) is 1. The summed E-state index contributed by atoms with van der Waals surface area (Å²) < 4.78 is 5.00. The molecule has 4 nitrogen and oxygen atoms in total. The fourth-order valence-electron chi connectivity index (χ4n) is 1.08. The van der Waals surface area contributed by atoms with E-state index in [1.165, 1.54) is 7.11 Å². The van der Waals surface area contributed by atoms with E-state index in [9.17, 15) is 4.79 Å². The fourth-order valence-corrected chi connectivity index (χ4v) is 1.34. The van der Waals surface area contributed by atoms with E-state index in [0.717, 1.165) is 0 Å². The van der Waals surface area contributed by atoms with E-state index < -0.39 is 5.41 Å². The molecule has 0 heterocycles. The molecule has 1 aromatic carbocycles. The van der Waals surface area contributed by atoms with Crippen molar-refractivity contribution in [1.82, 2.24) is 0 Å². The Balaban J connectivity index is 2.88. The fraction of sp³-hybridized carbons (Fsp3) is 0.333. The molecule has 0 aliphatic rings. The predicted molar refractivity (Wildman–Crippen MR) is 66.0 cm³/mol. The molecule has 0 saturated carbocycles. The lowest BCUT2D eigenvalue weighted by Crippen LogP contribution is -2.29. The van der Waals surface area contributed by atoms with Crippen molar-refractivity contribution in [2.45, 2.75) is 13.8 Å². The number of carbonyl (C=O) groups is 1. The predicted octanol–water partition coefficient (Wildman–Crippen LogP) is 2.84. The standard InChI is InChI=1S/C12H13ClN2O2/c1-12(2,7-14)11(16)15-8-4-5-10(17-3)9(13)6-8/h4-6H,1-3H3,(H,15,16). The van der Waals surface area contributed by atoms with Gasteiger partial charge in [0.25, 0.3) is 0 Å². The van der Waals surface area contributed by atoms with E-state index in [1.807, 2.05) is 6.07 Å². The Morgan fingerprint density at radius 3 is 2.65 bits per heavy atom. The van der Waals surface area contributed by atoms with Gasteiger partial charge in [0, 0.05) is 5.69 Å². The topological polar surface area (TPSA) is 62.1 Å². The van der Waals surface area contributed by atoms with Gasteiger partial charge >= 0.3 is 0 Å². The van der Waals surface area contributed by atoms with Crippen molar-refractivity contribution in [3.8, 4) is 11.8 Å². The first kappa shape index (κ1) is 13.3. The summed E-state index contributed by atoms with van der Waals surface area (Å²) in [5.41, 5.74) is -0.545. The first-order valence-corrected chi connectivity index (χ1v) is 5.35. The molecule has 0 aliphatic heterocycles. The Morgan fingerprint density at radius 2 is 2.18 bits per heavy atom. The van der Waals surface area contributed by atoms with E-state index in [-0.39, 0.29) is 5.91 Å². The van der Waals surface area contributed by atoms with Gasteiger partial charge in [-0.25, -0.2) is 0 Å². The smallest absolute Gasteiger partial charge is 0.244 e. The van der Waals surface area contributed by atoms with E-state index in [1.54, 1.807) is 32.0 Å². The number of carbonyl (C=O) groups excluding carboxylic acids is 1. The highest BCUT2D eigenvalue weighted by molar-refractivity contribution is 6.32. The molecule has 5 heteroatoms. The quantitative estimate of drug-likeness (QED) is 0.900. The largest absolute Gasteiger partial charge is 0.495 e. The second kappa shape index (κ2) is 5.07. The highest BCUT2D eigenvalue weighted by Gasteiger charge is 2.27. The number of anilines is 1. The van der Waals surface area contributed by atoms with E-state index in [4.69, 9.17) is 21.6 Å². The maximum absolute atomic E-state index is 11.7. The summed E-state index contributed by atoms with van der Waals surface area (Å²) >= 11 is 5.92. The number of benzene rings is 1. The number of nitrogens with zero attached hydrogens (tertiary/aromatic N) is 1. The van der Waals surface area contributed by atoms with Crippen LogP contribution in [0, 0.1) is 16.7 Å². The minimum absolute atomic E-state index is 0.374. The van der Waals surface area contributed by atoms with Crippen molar-refractivity contribution >= 4 is 23.2 Å². The monoisotopic (exact) mass is 252 g/mol. The van der Waals surface area contributed by atoms with Gasteiger partial charge in [-0.1, -0.05) is 11.6 Å². The van der Waals surface area contributed by atoms with E-state index in [0.29, 0.717) is 16.5 Å². The summed E-state index contributed by atoms with van der Waals surface area (Å²) in [4.78, 5) is 11.7. The molecule has 0 aromatic heterocycles. The van der Waals surface area contributed by atoms with Crippen LogP contribution < -0.4 is 10.1 Å². The summed E-state index contributed by atoms with van der Waals surface area (Å²) in [7, 11) is 1.51. The van der Waals surface area contributed by atoms with Crippen LogP contribution in [-0.4, -0.2) is 13.0 Å². The van der Waals surface area contributed by atoms with Crippen LogP contribution in [0.15, 0.2) is 18.2 Å². The number of nitrogens with one attached hydrogen (secondary N) is 1. The van der Waals surface area contributed by atoms with Crippen molar-refractivity contribution in [2.75, 3.05) is 12.4 Å². The van der Waals surface area contributed by atoms with Crippen LogP contribution in [0.5, 0.6) is 5.75 Å². The third kappa shape index (κ3) is 3.11. The molecule has 1 aromatic rings. The highest BCUT2D eigenvalue weighted by Crippen LogP contribution is 2.28. The lowest BCUT2D eigenvalue weighted by Gasteiger charge is -2.15. The number of rotatable bonds is 3. The van der Waals surface area contributed by atoms with Gasteiger partial charge in [-0.15, -0.1) is 0 Å². The normalized spacial score (nSPS) is 10.5. The molecule has 0 atom stereocenters. The first-order chi connectivity index (χ1) is 7.90. The minimum atomic E-state index is -1.08. The molecule has 0 bridgehead atoms. The van der Waals surface area contributed by atoms with Gasteiger partial charge in [-0.05, 0) is 32.0 Å². The van der Waals surface area contributed by atoms with Crippen LogP contribution >= 0.6 is 11.6 Å². The second-order valence-electron chi connectivity index (χ2n) is 4.04. The molecule has 0 aliphatic carbocycles. The third-order valence-corrected chi connectivity index (χ3v) is 2.55. The molecule has 0 fully saturated rings. The zero-order valence-corrected chi connectivity index (χ0v) is 10.6. The Hall–Kier alpha value is -1.73. The average molecular weight is 253 g/mol. The lowest BCUT2D eigenvalue weighted by atomic mass is 9.94. The number of hydrogen-bond donors (Lipinski definition) is 1. The van der Waals surface area contributed by atoms with Crippen molar-refractivity contribution in [1.29, 1.82) is 5.26 Å². The highest BCUT2D eigenvalue weighted by atomic mass is 35.5. The molecule has 0 radical (unpaired) electrons. The molecule has 1 rings (SSSR count). The van der Waals surface area contributed by atoms with Gasteiger partial charge in [0.1, 0.15) is 11.2 Å². The first-order valence-electron chi connectivity index (χ1n) is 4.97. The van der Waals surface area contributed by atoms with Crippen LogP contribution in [0.3, 0.4) is 0 Å². The number of hydrogen-bond acceptors (Lipinski definition) is 3. The molecule has 1 N–H and O–H groups in total. The second-order valence-corrected chi connectivity index (χ2v) is 4.45. The summed E-state index contributed by atoms with van der Waals surface area (Å²) in [5.74, 6) is 0.158. The van der Waals surface area contributed by atoms with Crippen molar-refractivity contribution in [3.05, 3.63) is 23.2 Å². The van der Waals surface area contributed by atoms with E-state index >= 15 is 0 Å². The van der Waals surface area contributed by atoms with E-state index in [2.05, 4.69) is 5.32 Å². The summed E-state index contributed by atoms with van der Waals surface area (Å²) in [6.45, 7) is 3.10. The molecule has 17 heavy (non-hydrogen) atoms. The molecule has 0 saturated heterocycles. The van der Waals surface area contributed by atoms with Crippen molar-refractivity contribution < 1.29 is 9.53 Å². The molecular formula is C12H13ClN2O2. The molecular weight excluding hydrogens is 240 g/mol. The van der Waals surface area contributed by atoms with Crippen molar-refractivity contribution in [2.24, 2.45) is 5.41 Å². The van der Waals surface area contributed by atoms with Crippen LogP contribution in [0.25, 0.3) is 0 Å². The minimum Gasteiger partial charge on any atom is -0.495 e. The van der Waals surface area contributed by atoms with Crippen LogP contribution in [0.1, 0.15) is 13.8 Å². The van der Waals surface area contributed by atoms with Gasteiger partial charge in [0.2, 0.25) is 5.91 Å². The zero-order chi connectivity index (χ0) is 13.1. The summed E-state index contributed by atoms with van der Waals surface area (Å²) in [6.07, 6.45) is 0. The molecule has 90 valence electrons. The maximum Gasteiger partial charge on any atom is 0.244 e. The Bertz CT molecular complexity index is 478. The van der Waals surface area contributed by atoms with Gasteiger partial charge in [-0.2, -0.15) is 5.26 Å². The molecule has 1 amide bonds. The number of amides is 1.